The molecule has 0 aromatic rings. The maximum Gasteiger partial charge on any atom is 0.237 e. The molecule has 1 saturated heterocycles. The summed E-state index contributed by atoms with van der Waals surface area (Å²) in [5.74, 6) is 0.0233. The fraction of sp³-hybridized carbons (Fsp3) is 0.750. The third-order valence-electron chi connectivity index (χ3n) is 3.30. The van der Waals surface area contributed by atoms with E-state index in [0.717, 1.165) is 13.0 Å². The standard InChI is InChI=1S/C12H20N2O2/c15-10-7-11(14-8-10)12(16)13-6-5-9-3-1-2-4-9/h3,10-11,14-15H,1-2,4-8H2,(H,13,16). The van der Waals surface area contributed by atoms with Crippen molar-refractivity contribution in [1.82, 2.24) is 10.6 Å². The lowest BCUT2D eigenvalue weighted by Gasteiger charge is -2.11. The highest BCUT2D eigenvalue weighted by atomic mass is 16.3. The first-order valence-corrected chi connectivity index (χ1v) is 6.13. The highest BCUT2D eigenvalue weighted by Crippen LogP contribution is 2.19. The molecule has 2 aliphatic rings. The van der Waals surface area contributed by atoms with E-state index in [9.17, 15) is 9.90 Å². The number of aliphatic hydroxyl groups is 1. The molecule has 0 aromatic carbocycles. The number of allylic oxidation sites excluding steroid dienone is 1. The van der Waals surface area contributed by atoms with Crippen LogP contribution in [-0.4, -0.2) is 36.2 Å². The van der Waals surface area contributed by atoms with E-state index in [1.54, 1.807) is 0 Å². The molecule has 16 heavy (non-hydrogen) atoms. The fourth-order valence-corrected chi connectivity index (χ4v) is 2.35. The van der Waals surface area contributed by atoms with E-state index < -0.39 is 0 Å². The van der Waals surface area contributed by atoms with Gasteiger partial charge in [-0.2, -0.15) is 0 Å². The second-order valence-corrected chi connectivity index (χ2v) is 4.65. The Morgan fingerprint density at radius 3 is 3.12 bits per heavy atom. The van der Waals surface area contributed by atoms with Crippen molar-refractivity contribution in [2.45, 2.75) is 44.2 Å². The molecular weight excluding hydrogens is 204 g/mol. The van der Waals surface area contributed by atoms with Gasteiger partial charge in [0.15, 0.2) is 0 Å². The van der Waals surface area contributed by atoms with Crippen LogP contribution < -0.4 is 10.6 Å². The summed E-state index contributed by atoms with van der Waals surface area (Å²) in [6.45, 7) is 1.25. The number of hydrogen-bond acceptors (Lipinski definition) is 3. The minimum Gasteiger partial charge on any atom is -0.392 e. The Morgan fingerprint density at radius 2 is 2.50 bits per heavy atom. The lowest BCUT2D eigenvalue weighted by atomic mass is 10.1. The molecule has 1 aliphatic carbocycles. The third-order valence-corrected chi connectivity index (χ3v) is 3.30. The van der Waals surface area contributed by atoms with Crippen molar-refractivity contribution in [2.75, 3.05) is 13.1 Å². The number of carbonyl (C=O) groups excluding carboxylic acids is 1. The summed E-state index contributed by atoms with van der Waals surface area (Å²) in [6, 6.07) is -0.201. The quantitative estimate of drug-likeness (QED) is 0.603. The van der Waals surface area contributed by atoms with Crippen LogP contribution in [0.2, 0.25) is 0 Å². The molecule has 3 N–H and O–H groups in total. The van der Waals surface area contributed by atoms with E-state index in [2.05, 4.69) is 16.7 Å². The van der Waals surface area contributed by atoms with Crippen molar-refractivity contribution < 1.29 is 9.90 Å². The highest BCUT2D eigenvalue weighted by molar-refractivity contribution is 5.82. The first-order chi connectivity index (χ1) is 7.75. The molecule has 0 saturated carbocycles. The molecule has 2 unspecified atom stereocenters. The SMILES string of the molecule is O=C(NCCC1=CCCC1)C1CC(O)CN1. The van der Waals surface area contributed by atoms with Gasteiger partial charge in [-0.3, -0.25) is 4.79 Å². The van der Waals surface area contributed by atoms with Crippen LogP contribution in [-0.2, 0) is 4.79 Å². The molecule has 4 heteroatoms. The van der Waals surface area contributed by atoms with Crippen LogP contribution in [0.1, 0.15) is 32.1 Å². The van der Waals surface area contributed by atoms with Gasteiger partial charge >= 0.3 is 0 Å². The third kappa shape index (κ3) is 3.06. The Balaban J connectivity index is 1.64. The molecular formula is C12H20N2O2. The Bertz CT molecular complexity index is 289. The van der Waals surface area contributed by atoms with Gasteiger partial charge in [-0.15, -0.1) is 0 Å². The van der Waals surface area contributed by atoms with Gasteiger partial charge in [-0.25, -0.2) is 0 Å². The first-order valence-electron chi connectivity index (χ1n) is 6.13. The zero-order chi connectivity index (χ0) is 11.4. The summed E-state index contributed by atoms with van der Waals surface area (Å²) in [5.41, 5.74) is 1.47. The molecule has 0 bridgehead atoms. The van der Waals surface area contributed by atoms with E-state index in [0.29, 0.717) is 13.0 Å². The van der Waals surface area contributed by atoms with Crippen LogP contribution in [0.5, 0.6) is 0 Å². The van der Waals surface area contributed by atoms with E-state index in [4.69, 9.17) is 0 Å². The van der Waals surface area contributed by atoms with Crippen molar-refractivity contribution in [1.29, 1.82) is 0 Å². The van der Waals surface area contributed by atoms with E-state index >= 15 is 0 Å². The first kappa shape index (κ1) is 11.6. The topological polar surface area (TPSA) is 61.4 Å². The normalized spacial score (nSPS) is 29.2. The summed E-state index contributed by atoms with van der Waals surface area (Å²) in [6.07, 6.45) is 7.07. The maximum absolute atomic E-state index is 11.7. The number of aliphatic hydroxyl groups excluding tert-OH is 1. The van der Waals surface area contributed by atoms with Gasteiger partial charge in [-0.1, -0.05) is 11.6 Å². The van der Waals surface area contributed by atoms with Crippen molar-refractivity contribution >= 4 is 5.91 Å². The Kier molecular flexibility index (Phi) is 3.96. The molecule has 1 heterocycles. The zero-order valence-electron chi connectivity index (χ0n) is 9.54. The maximum atomic E-state index is 11.7. The van der Waals surface area contributed by atoms with Crippen LogP contribution in [0.3, 0.4) is 0 Å². The smallest absolute Gasteiger partial charge is 0.237 e. The van der Waals surface area contributed by atoms with Crippen LogP contribution in [0.15, 0.2) is 11.6 Å². The van der Waals surface area contributed by atoms with E-state index in [-0.39, 0.29) is 18.1 Å². The minimum atomic E-state index is -0.367. The lowest BCUT2D eigenvalue weighted by Crippen LogP contribution is -2.40. The summed E-state index contributed by atoms with van der Waals surface area (Å²) in [5, 5.41) is 15.2. The van der Waals surface area contributed by atoms with Gasteiger partial charge < -0.3 is 15.7 Å². The second-order valence-electron chi connectivity index (χ2n) is 4.65. The van der Waals surface area contributed by atoms with E-state index in [1.165, 1.54) is 24.8 Å². The predicted molar refractivity (Wildman–Crippen MR) is 62.0 cm³/mol. The lowest BCUT2D eigenvalue weighted by molar-refractivity contribution is -0.122. The van der Waals surface area contributed by atoms with Gasteiger partial charge in [-0.05, 0) is 32.1 Å². The number of nitrogens with one attached hydrogen (secondary N) is 2. The van der Waals surface area contributed by atoms with Crippen LogP contribution in [0.25, 0.3) is 0 Å². The van der Waals surface area contributed by atoms with Crippen molar-refractivity contribution in [3.05, 3.63) is 11.6 Å². The van der Waals surface area contributed by atoms with Gasteiger partial charge in [0, 0.05) is 13.1 Å². The molecule has 90 valence electrons. The minimum absolute atomic E-state index is 0.0233. The van der Waals surface area contributed by atoms with Crippen LogP contribution >= 0.6 is 0 Å². The summed E-state index contributed by atoms with van der Waals surface area (Å²) >= 11 is 0. The Morgan fingerprint density at radius 1 is 1.62 bits per heavy atom. The van der Waals surface area contributed by atoms with Gasteiger partial charge in [0.2, 0.25) is 5.91 Å². The summed E-state index contributed by atoms with van der Waals surface area (Å²) in [4.78, 5) is 11.7. The predicted octanol–water partition coefficient (Wildman–Crippen LogP) is 0.326. The average Bonchev–Trinajstić information content (AvgIpc) is 2.89. The number of hydrogen-bond donors (Lipinski definition) is 3. The van der Waals surface area contributed by atoms with Crippen molar-refractivity contribution in [3.63, 3.8) is 0 Å². The molecule has 0 aromatic heterocycles. The zero-order valence-corrected chi connectivity index (χ0v) is 9.54. The Labute approximate surface area is 96.1 Å². The molecule has 2 atom stereocenters. The average molecular weight is 224 g/mol. The van der Waals surface area contributed by atoms with Crippen LogP contribution in [0, 0.1) is 0 Å². The molecule has 0 spiro atoms. The van der Waals surface area contributed by atoms with Gasteiger partial charge in [0.05, 0.1) is 12.1 Å². The largest absolute Gasteiger partial charge is 0.392 e. The highest BCUT2D eigenvalue weighted by Gasteiger charge is 2.27. The molecule has 4 nitrogen and oxygen atoms in total. The molecule has 1 fully saturated rings. The van der Waals surface area contributed by atoms with Crippen LogP contribution in [0.4, 0.5) is 0 Å². The van der Waals surface area contributed by atoms with Gasteiger partial charge in [0.25, 0.3) is 0 Å². The molecule has 1 amide bonds. The Hall–Kier alpha value is -0.870. The fourth-order valence-electron chi connectivity index (χ4n) is 2.35. The van der Waals surface area contributed by atoms with Crippen molar-refractivity contribution in [3.8, 4) is 0 Å². The van der Waals surface area contributed by atoms with E-state index in [1.807, 2.05) is 0 Å². The number of rotatable bonds is 4. The van der Waals surface area contributed by atoms with Gasteiger partial charge in [0.1, 0.15) is 0 Å². The van der Waals surface area contributed by atoms with Crippen molar-refractivity contribution in [2.24, 2.45) is 0 Å². The number of amides is 1. The molecule has 1 aliphatic heterocycles. The molecule has 2 rings (SSSR count). The monoisotopic (exact) mass is 224 g/mol. The number of carbonyl (C=O) groups is 1. The summed E-state index contributed by atoms with van der Waals surface area (Å²) < 4.78 is 0. The molecule has 0 radical (unpaired) electrons. The second kappa shape index (κ2) is 5.46. The summed E-state index contributed by atoms with van der Waals surface area (Å²) in [7, 11) is 0. The number of β-amino-alcohol motifs (C(OH)–C–C–N with tert-alkyl or cyclic N) is 1.